The lowest BCUT2D eigenvalue weighted by molar-refractivity contribution is -0.141. The third-order valence-electron chi connectivity index (χ3n) is 8.75. The van der Waals surface area contributed by atoms with Crippen molar-refractivity contribution in [2.45, 2.75) is 68.4 Å². The molecule has 7 atom stereocenters. The molecule has 0 radical (unpaired) electrons. The summed E-state index contributed by atoms with van der Waals surface area (Å²) in [5, 5.41) is 9.42. The largest absolute Gasteiger partial charge is 0.345 e. The molecular weight excluding hydrogens is 444 g/mol. The maximum atomic E-state index is 13.4. The summed E-state index contributed by atoms with van der Waals surface area (Å²) < 4.78 is 0. The minimum absolute atomic E-state index is 0.0127. The molecule has 9 nitrogen and oxygen atoms in total. The molecule has 5 aliphatic rings. The molecule has 6 rings (SSSR count). The topological polar surface area (TPSA) is 114 Å². The smallest absolute Gasteiger partial charge is 0.253 e. The van der Waals surface area contributed by atoms with E-state index < -0.39 is 6.04 Å². The zero-order valence-electron chi connectivity index (χ0n) is 20.3. The highest BCUT2D eigenvalue weighted by Crippen LogP contribution is 2.48. The van der Waals surface area contributed by atoms with Gasteiger partial charge in [-0.1, -0.05) is 6.07 Å². The maximum Gasteiger partial charge on any atom is 0.253 e. The molecule has 35 heavy (non-hydrogen) atoms. The minimum Gasteiger partial charge on any atom is -0.345 e. The summed E-state index contributed by atoms with van der Waals surface area (Å²) in [6.07, 6.45) is 4.23. The summed E-state index contributed by atoms with van der Waals surface area (Å²) >= 11 is 0. The van der Waals surface area contributed by atoms with Crippen LogP contribution in [0.15, 0.2) is 18.2 Å². The van der Waals surface area contributed by atoms with Gasteiger partial charge < -0.3 is 20.4 Å². The summed E-state index contributed by atoms with van der Waals surface area (Å²) in [4.78, 5) is 46.3. The number of nitrogens with two attached hydrogens (primary N) is 1. The lowest BCUT2D eigenvalue weighted by Crippen LogP contribution is -2.57. The molecule has 3 saturated heterocycles. The number of piperidine rings is 1. The summed E-state index contributed by atoms with van der Waals surface area (Å²) in [5.74, 6) is 0.411. The number of fused-ring (bicyclic) bond motifs is 4. The second kappa shape index (κ2) is 8.04. The monoisotopic (exact) mass is 476 g/mol. The van der Waals surface area contributed by atoms with E-state index >= 15 is 0 Å². The van der Waals surface area contributed by atoms with Crippen LogP contribution in [0.2, 0.25) is 0 Å². The first-order valence-corrected chi connectivity index (χ1v) is 12.7. The molecule has 4 fully saturated rings. The Balaban J connectivity index is 1.12. The molecule has 184 valence electrons. The molecule has 9 heteroatoms. The normalized spacial score (nSPS) is 33.5. The molecule has 1 aromatic rings. The number of nitrogens with zero attached hydrogens (tertiary/aromatic N) is 5. The van der Waals surface area contributed by atoms with Gasteiger partial charge in [-0.2, -0.15) is 5.26 Å². The fourth-order valence-corrected chi connectivity index (χ4v) is 6.99. The van der Waals surface area contributed by atoms with E-state index in [0.29, 0.717) is 24.6 Å². The summed E-state index contributed by atoms with van der Waals surface area (Å²) in [7, 11) is 3.50. The van der Waals surface area contributed by atoms with Crippen molar-refractivity contribution in [3.8, 4) is 6.07 Å². The first-order chi connectivity index (χ1) is 16.8. The van der Waals surface area contributed by atoms with E-state index in [1.165, 1.54) is 0 Å². The van der Waals surface area contributed by atoms with Gasteiger partial charge in [0.2, 0.25) is 11.8 Å². The van der Waals surface area contributed by atoms with Gasteiger partial charge in [-0.05, 0) is 61.3 Å². The predicted octanol–water partition coefficient (Wildman–Crippen LogP) is 0.501. The van der Waals surface area contributed by atoms with Gasteiger partial charge in [-0.15, -0.1) is 0 Å². The average Bonchev–Trinajstić information content (AvgIpc) is 3.18. The molecule has 1 saturated carbocycles. The Morgan fingerprint density at radius 1 is 1.23 bits per heavy atom. The lowest BCUT2D eigenvalue weighted by Gasteiger charge is -2.38. The van der Waals surface area contributed by atoms with Crippen molar-refractivity contribution in [1.82, 2.24) is 19.6 Å². The van der Waals surface area contributed by atoms with Crippen molar-refractivity contribution in [3.63, 3.8) is 0 Å². The van der Waals surface area contributed by atoms with E-state index in [-0.39, 0.29) is 47.9 Å². The fraction of sp³-hybridized carbons (Fsp3) is 0.615. The van der Waals surface area contributed by atoms with Gasteiger partial charge in [0.15, 0.2) is 0 Å². The Kier molecular flexibility index (Phi) is 5.17. The van der Waals surface area contributed by atoms with Crippen LogP contribution in [0.5, 0.6) is 0 Å². The molecule has 2 N–H and O–H groups in total. The number of carbonyl (C=O) groups excluding carboxylic acids is 3. The van der Waals surface area contributed by atoms with Crippen LogP contribution in [0.3, 0.4) is 0 Å². The Bertz CT molecular complexity index is 1140. The number of carbonyl (C=O) groups is 3. The lowest BCUT2D eigenvalue weighted by atomic mass is 10.0. The van der Waals surface area contributed by atoms with Crippen molar-refractivity contribution in [2.24, 2.45) is 11.7 Å². The van der Waals surface area contributed by atoms with E-state index in [4.69, 9.17) is 5.73 Å². The number of amides is 3. The second-order valence-corrected chi connectivity index (χ2v) is 11.1. The van der Waals surface area contributed by atoms with E-state index in [9.17, 15) is 19.6 Å². The Morgan fingerprint density at radius 3 is 2.74 bits per heavy atom. The third kappa shape index (κ3) is 3.46. The standard InChI is InChI=1S/C26H32N6O3/c1-29(2)24(33)15-3-5-19-14(7-15)4-6-21(19)32-18-10-23(26(32)35)30(12-18)13-20(28)25(34)31-17(11-27)8-16-9-22(16)31/h3,5,7,16-18,20-23H,4,6,8-10,12-13,28H2,1-2H3/t16-,17+,18-,20+,21-,22?,23-/m1/s1. The zero-order valence-corrected chi connectivity index (χ0v) is 20.3. The summed E-state index contributed by atoms with van der Waals surface area (Å²) in [5.41, 5.74) is 9.32. The molecule has 1 aromatic carbocycles. The first-order valence-electron chi connectivity index (χ1n) is 12.7. The number of rotatable bonds is 5. The van der Waals surface area contributed by atoms with Crippen molar-refractivity contribution in [2.75, 3.05) is 27.2 Å². The fourth-order valence-electron chi connectivity index (χ4n) is 6.99. The van der Waals surface area contributed by atoms with Crippen LogP contribution >= 0.6 is 0 Å². The van der Waals surface area contributed by atoms with Gasteiger partial charge >= 0.3 is 0 Å². The van der Waals surface area contributed by atoms with Gasteiger partial charge in [0.1, 0.15) is 6.04 Å². The highest BCUT2D eigenvalue weighted by atomic mass is 16.2. The third-order valence-corrected chi connectivity index (χ3v) is 8.75. The van der Waals surface area contributed by atoms with Crippen LogP contribution < -0.4 is 5.73 Å². The van der Waals surface area contributed by atoms with Crippen molar-refractivity contribution < 1.29 is 14.4 Å². The quantitative estimate of drug-likeness (QED) is 0.662. The molecule has 0 aromatic heterocycles. The van der Waals surface area contributed by atoms with Gasteiger partial charge in [0.25, 0.3) is 5.91 Å². The highest BCUT2D eigenvalue weighted by molar-refractivity contribution is 5.94. The molecule has 2 bridgehead atoms. The van der Waals surface area contributed by atoms with Gasteiger partial charge in [-0.25, -0.2) is 0 Å². The number of nitriles is 1. The molecule has 3 aliphatic heterocycles. The Morgan fingerprint density at radius 2 is 2.03 bits per heavy atom. The molecular formula is C26H32N6O3. The highest BCUT2D eigenvalue weighted by Gasteiger charge is 2.56. The molecule has 0 spiro atoms. The SMILES string of the molecule is CN(C)C(=O)c1ccc2c(c1)CC[C@H]2N1C(=O)[C@H]2C[C@@H]1CN2C[C@H](N)C(=O)N1C2C[C@H]2C[C@H]1C#N. The van der Waals surface area contributed by atoms with Crippen LogP contribution in [0, 0.1) is 17.2 Å². The summed E-state index contributed by atoms with van der Waals surface area (Å²) in [6, 6.07) is 7.13. The maximum absolute atomic E-state index is 13.4. The van der Waals surface area contributed by atoms with Gasteiger partial charge in [-0.3, -0.25) is 19.3 Å². The Hall–Kier alpha value is -2.96. The number of hydrogen-bond acceptors (Lipinski definition) is 6. The molecule has 2 aliphatic carbocycles. The van der Waals surface area contributed by atoms with Crippen molar-refractivity contribution in [3.05, 3.63) is 34.9 Å². The van der Waals surface area contributed by atoms with Crippen LogP contribution in [0.4, 0.5) is 0 Å². The Labute approximate surface area is 205 Å². The number of likely N-dealkylation sites (tertiary alicyclic amines) is 3. The van der Waals surface area contributed by atoms with Crippen LogP contribution in [-0.2, 0) is 16.0 Å². The number of benzene rings is 1. The van der Waals surface area contributed by atoms with E-state index in [1.54, 1.807) is 23.9 Å². The molecule has 3 amide bonds. The average molecular weight is 477 g/mol. The van der Waals surface area contributed by atoms with E-state index in [1.807, 2.05) is 18.2 Å². The van der Waals surface area contributed by atoms with E-state index in [2.05, 4.69) is 15.9 Å². The number of piperazine rings is 1. The second-order valence-electron chi connectivity index (χ2n) is 11.1. The zero-order chi connectivity index (χ0) is 24.6. The number of hydrogen-bond donors (Lipinski definition) is 1. The predicted molar refractivity (Wildman–Crippen MR) is 127 cm³/mol. The van der Waals surface area contributed by atoms with Gasteiger partial charge in [0, 0.05) is 44.8 Å². The molecule has 3 heterocycles. The van der Waals surface area contributed by atoms with Crippen LogP contribution in [0.1, 0.15) is 53.2 Å². The van der Waals surface area contributed by atoms with Crippen LogP contribution in [0.25, 0.3) is 0 Å². The number of aryl methyl sites for hydroxylation is 1. The van der Waals surface area contributed by atoms with Crippen LogP contribution in [-0.4, -0.2) is 94.7 Å². The summed E-state index contributed by atoms with van der Waals surface area (Å²) in [6.45, 7) is 1.07. The van der Waals surface area contributed by atoms with Crippen molar-refractivity contribution in [1.29, 1.82) is 5.26 Å². The molecule has 1 unspecified atom stereocenters. The minimum atomic E-state index is -0.717. The van der Waals surface area contributed by atoms with E-state index in [0.717, 1.165) is 43.2 Å². The van der Waals surface area contributed by atoms with Crippen molar-refractivity contribution >= 4 is 17.7 Å². The first kappa shape index (κ1) is 22.5. The van der Waals surface area contributed by atoms with Gasteiger partial charge in [0.05, 0.1) is 24.2 Å².